The number of aromatic nitrogens is 1. The summed E-state index contributed by atoms with van der Waals surface area (Å²) in [6.07, 6.45) is 3.97. The maximum atomic E-state index is 14.0. The van der Waals surface area contributed by atoms with E-state index in [1.54, 1.807) is 4.90 Å². The highest BCUT2D eigenvalue weighted by Gasteiger charge is 2.53. The molecule has 4 rings (SSSR count). The van der Waals surface area contributed by atoms with E-state index in [2.05, 4.69) is 4.98 Å². The molecular formula is C24H27F2N3O4. The van der Waals surface area contributed by atoms with E-state index in [9.17, 15) is 18.4 Å². The fourth-order valence-electron chi connectivity index (χ4n) is 4.59. The van der Waals surface area contributed by atoms with Crippen molar-refractivity contribution in [2.24, 2.45) is 0 Å². The Morgan fingerprint density at radius 1 is 1.06 bits per heavy atom. The molecular weight excluding hydrogens is 432 g/mol. The van der Waals surface area contributed by atoms with Crippen LogP contribution in [-0.4, -0.2) is 59.8 Å². The van der Waals surface area contributed by atoms with Crippen LogP contribution in [-0.2, 0) is 9.47 Å². The minimum absolute atomic E-state index is 0.194. The number of likely N-dealkylation sites (tertiary alicyclic amines) is 1. The summed E-state index contributed by atoms with van der Waals surface area (Å²) < 4.78 is 38.5. The van der Waals surface area contributed by atoms with Crippen molar-refractivity contribution in [1.82, 2.24) is 9.88 Å². The van der Waals surface area contributed by atoms with E-state index in [0.29, 0.717) is 37.3 Å². The lowest BCUT2D eigenvalue weighted by molar-refractivity contribution is -0.0362. The van der Waals surface area contributed by atoms with Crippen molar-refractivity contribution in [2.75, 3.05) is 31.6 Å². The van der Waals surface area contributed by atoms with E-state index < -0.39 is 28.7 Å². The zero-order valence-corrected chi connectivity index (χ0v) is 19.2. The summed E-state index contributed by atoms with van der Waals surface area (Å²) in [5.41, 5.74) is 0.318. The normalized spacial score (nSPS) is 20.1. The first-order valence-electron chi connectivity index (χ1n) is 10.8. The molecule has 1 atom stereocenters. The summed E-state index contributed by atoms with van der Waals surface area (Å²) >= 11 is 0. The number of pyridine rings is 1. The van der Waals surface area contributed by atoms with Gasteiger partial charge in [0.2, 0.25) is 0 Å². The Morgan fingerprint density at radius 3 is 2.30 bits per heavy atom. The number of benzene rings is 1. The molecule has 1 unspecified atom stereocenters. The van der Waals surface area contributed by atoms with E-state index >= 15 is 0 Å². The number of hydrogen-bond acceptors (Lipinski definition) is 6. The fourth-order valence-corrected chi connectivity index (χ4v) is 4.59. The van der Waals surface area contributed by atoms with Gasteiger partial charge < -0.3 is 19.3 Å². The second-order valence-electron chi connectivity index (χ2n) is 9.51. The van der Waals surface area contributed by atoms with Gasteiger partial charge in [-0.25, -0.2) is 18.4 Å². The number of esters is 1. The van der Waals surface area contributed by atoms with E-state index in [1.165, 1.54) is 31.6 Å². The van der Waals surface area contributed by atoms with Gasteiger partial charge in [0.25, 0.3) is 0 Å². The third-order valence-corrected chi connectivity index (χ3v) is 6.13. The third kappa shape index (κ3) is 4.36. The SMILES string of the molecule is COC(=O)c1cncc(-c2cc(F)cc(F)c2)c1N1CCC2(CCN2C(=O)OC(C)(C)C)C1. The fraction of sp³-hybridized carbons (Fsp3) is 0.458. The molecule has 2 fully saturated rings. The molecule has 0 bridgehead atoms. The molecule has 7 nitrogen and oxygen atoms in total. The maximum Gasteiger partial charge on any atom is 0.410 e. The summed E-state index contributed by atoms with van der Waals surface area (Å²) in [7, 11) is 1.27. The van der Waals surface area contributed by atoms with E-state index in [0.717, 1.165) is 12.5 Å². The number of amides is 1. The van der Waals surface area contributed by atoms with Gasteiger partial charge >= 0.3 is 12.1 Å². The summed E-state index contributed by atoms with van der Waals surface area (Å²) in [6, 6.07) is 3.19. The van der Waals surface area contributed by atoms with Gasteiger partial charge in [0, 0.05) is 43.7 Å². The molecule has 33 heavy (non-hydrogen) atoms. The maximum absolute atomic E-state index is 14.0. The molecule has 0 aliphatic carbocycles. The van der Waals surface area contributed by atoms with Crippen LogP contribution in [0.15, 0.2) is 30.6 Å². The lowest BCUT2D eigenvalue weighted by atomic mass is 9.84. The molecule has 2 aliphatic heterocycles. The third-order valence-electron chi connectivity index (χ3n) is 6.13. The lowest BCUT2D eigenvalue weighted by Gasteiger charge is -2.50. The molecule has 2 saturated heterocycles. The van der Waals surface area contributed by atoms with Gasteiger partial charge in [-0.2, -0.15) is 0 Å². The number of hydrogen-bond donors (Lipinski definition) is 0. The van der Waals surface area contributed by atoms with Crippen molar-refractivity contribution in [1.29, 1.82) is 0 Å². The number of nitrogens with zero attached hydrogens (tertiary/aromatic N) is 3. The second-order valence-corrected chi connectivity index (χ2v) is 9.51. The highest BCUT2D eigenvalue weighted by molar-refractivity contribution is 6.00. The first kappa shape index (κ1) is 22.9. The highest BCUT2D eigenvalue weighted by atomic mass is 19.1. The molecule has 2 aromatic rings. The van der Waals surface area contributed by atoms with Crippen molar-refractivity contribution in [3.8, 4) is 11.1 Å². The van der Waals surface area contributed by atoms with Crippen molar-refractivity contribution < 1.29 is 27.8 Å². The van der Waals surface area contributed by atoms with Crippen molar-refractivity contribution in [3.05, 3.63) is 47.8 Å². The Morgan fingerprint density at radius 2 is 1.73 bits per heavy atom. The molecule has 9 heteroatoms. The number of ether oxygens (including phenoxy) is 2. The van der Waals surface area contributed by atoms with Gasteiger partial charge in [0.1, 0.15) is 22.8 Å². The van der Waals surface area contributed by atoms with Crippen LogP contribution in [0.2, 0.25) is 0 Å². The standard InChI is InChI=1S/C24H27F2N3O4/c1-23(2,3)33-22(31)29-8-6-24(29)5-7-28(14-24)20-18(12-27-13-19(20)21(30)32-4)15-9-16(25)11-17(26)10-15/h9-13H,5-8,14H2,1-4H3. The molecule has 0 saturated carbocycles. The molecule has 0 N–H and O–H groups in total. The quantitative estimate of drug-likeness (QED) is 0.634. The lowest BCUT2D eigenvalue weighted by Crippen LogP contribution is -2.64. The first-order chi connectivity index (χ1) is 15.5. The molecule has 1 amide bonds. The molecule has 1 aromatic carbocycles. The summed E-state index contributed by atoms with van der Waals surface area (Å²) in [5.74, 6) is -2.06. The van der Waals surface area contributed by atoms with Crippen LogP contribution >= 0.6 is 0 Å². The zero-order chi connectivity index (χ0) is 24.0. The van der Waals surface area contributed by atoms with Crippen LogP contribution in [0, 0.1) is 11.6 Å². The number of anilines is 1. The Hall–Kier alpha value is -3.23. The van der Waals surface area contributed by atoms with Crippen molar-refractivity contribution in [3.63, 3.8) is 0 Å². The van der Waals surface area contributed by atoms with E-state index in [-0.39, 0.29) is 17.2 Å². The van der Waals surface area contributed by atoms with Gasteiger partial charge in [-0.05, 0) is 51.3 Å². The van der Waals surface area contributed by atoms with E-state index in [1.807, 2.05) is 25.7 Å². The van der Waals surface area contributed by atoms with Gasteiger partial charge in [0.15, 0.2) is 0 Å². The monoisotopic (exact) mass is 459 g/mol. The molecule has 0 radical (unpaired) electrons. The summed E-state index contributed by atoms with van der Waals surface area (Å²) in [4.78, 5) is 33.1. The van der Waals surface area contributed by atoms with Gasteiger partial charge in [-0.1, -0.05) is 0 Å². The Balaban J connectivity index is 1.72. The van der Waals surface area contributed by atoms with Gasteiger partial charge in [0.05, 0.1) is 18.3 Å². The first-order valence-corrected chi connectivity index (χ1v) is 10.8. The summed E-state index contributed by atoms with van der Waals surface area (Å²) in [5, 5.41) is 0. The average Bonchev–Trinajstić information content (AvgIpc) is 3.17. The molecule has 3 heterocycles. The Labute approximate surface area is 191 Å². The Bertz CT molecular complexity index is 1080. The molecule has 1 spiro atoms. The number of rotatable bonds is 3. The van der Waals surface area contributed by atoms with E-state index in [4.69, 9.17) is 9.47 Å². The largest absolute Gasteiger partial charge is 0.465 e. The Kier molecular flexibility index (Phi) is 5.76. The van der Waals surface area contributed by atoms with Crippen molar-refractivity contribution in [2.45, 2.75) is 44.8 Å². The number of carbonyl (C=O) groups is 2. The minimum atomic E-state index is -0.729. The van der Waals surface area contributed by atoms with Gasteiger partial charge in [-0.15, -0.1) is 0 Å². The van der Waals surface area contributed by atoms with Crippen LogP contribution in [0.4, 0.5) is 19.3 Å². The van der Waals surface area contributed by atoms with Crippen LogP contribution in [0.25, 0.3) is 11.1 Å². The number of methoxy groups -OCH3 is 1. The average molecular weight is 459 g/mol. The number of halogens is 2. The number of carbonyl (C=O) groups excluding carboxylic acids is 2. The molecule has 1 aromatic heterocycles. The zero-order valence-electron chi connectivity index (χ0n) is 19.2. The minimum Gasteiger partial charge on any atom is -0.465 e. The van der Waals surface area contributed by atoms with Crippen LogP contribution < -0.4 is 4.90 Å². The van der Waals surface area contributed by atoms with Crippen LogP contribution in [0.3, 0.4) is 0 Å². The van der Waals surface area contributed by atoms with Crippen LogP contribution in [0.1, 0.15) is 44.0 Å². The topological polar surface area (TPSA) is 72.0 Å². The summed E-state index contributed by atoms with van der Waals surface area (Å²) in [6.45, 7) is 7.04. The predicted octanol–water partition coefficient (Wildman–Crippen LogP) is 4.40. The smallest absolute Gasteiger partial charge is 0.410 e. The van der Waals surface area contributed by atoms with Crippen molar-refractivity contribution >= 4 is 17.7 Å². The molecule has 176 valence electrons. The van der Waals surface area contributed by atoms with Gasteiger partial charge in [-0.3, -0.25) is 4.98 Å². The predicted molar refractivity (Wildman–Crippen MR) is 118 cm³/mol. The highest BCUT2D eigenvalue weighted by Crippen LogP contribution is 2.44. The second kappa shape index (κ2) is 8.28. The van der Waals surface area contributed by atoms with Crippen LogP contribution in [0.5, 0.6) is 0 Å². The molecule has 2 aliphatic rings.